The molecule has 3 nitrogen and oxygen atoms in total. The zero-order chi connectivity index (χ0) is 14.2. The fraction of sp³-hybridized carbons (Fsp3) is 0.333. The highest BCUT2D eigenvalue weighted by Gasteiger charge is 2.06. The lowest BCUT2D eigenvalue weighted by atomic mass is 10.2. The van der Waals surface area contributed by atoms with Crippen molar-refractivity contribution in [3.63, 3.8) is 0 Å². The van der Waals surface area contributed by atoms with Crippen molar-refractivity contribution in [3.8, 4) is 0 Å². The van der Waals surface area contributed by atoms with Crippen molar-refractivity contribution >= 4 is 23.4 Å². The number of thioether (sulfide) groups is 1. The molecule has 2 rings (SSSR count). The molecule has 0 radical (unpaired) electrons. The molecule has 1 unspecified atom stereocenters. The van der Waals surface area contributed by atoms with Gasteiger partial charge < -0.3 is 14.3 Å². The van der Waals surface area contributed by atoms with Crippen LogP contribution in [0, 0.1) is 0 Å². The Balaban J connectivity index is 1.57. The zero-order valence-electron chi connectivity index (χ0n) is 11.0. The molecule has 0 saturated carbocycles. The van der Waals surface area contributed by atoms with Gasteiger partial charge in [0.1, 0.15) is 5.76 Å². The minimum atomic E-state index is -0.478. The van der Waals surface area contributed by atoms with E-state index in [1.54, 1.807) is 17.8 Å². The van der Waals surface area contributed by atoms with Crippen molar-refractivity contribution in [2.75, 3.05) is 12.4 Å². The molecule has 1 N–H and O–H groups in total. The maximum Gasteiger partial charge on any atom is 0.193 e. The maximum atomic E-state index is 9.81. The summed E-state index contributed by atoms with van der Waals surface area (Å²) >= 11 is 7.27. The Morgan fingerprint density at radius 3 is 2.70 bits per heavy atom. The third-order valence-corrected chi connectivity index (χ3v) is 3.92. The number of hydrogen-bond acceptors (Lipinski definition) is 4. The fourth-order valence-electron chi connectivity index (χ4n) is 1.66. The van der Waals surface area contributed by atoms with E-state index in [1.807, 2.05) is 36.4 Å². The molecule has 0 amide bonds. The molecule has 0 bridgehead atoms. The van der Waals surface area contributed by atoms with Gasteiger partial charge in [0.05, 0.1) is 25.1 Å². The lowest BCUT2D eigenvalue weighted by Crippen LogP contribution is -2.18. The van der Waals surface area contributed by atoms with E-state index in [4.69, 9.17) is 20.8 Å². The number of halogens is 1. The van der Waals surface area contributed by atoms with Gasteiger partial charge in [-0.2, -0.15) is 11.8 Å². The van der Waals surface area contributed by atoms with Gasteiger partial charge in [-0.15, -0.1) is 0 Å². The van der Waals surface area contributed by atoms with Crippen molar-refractivity contribution in [3.05, 3.63) is 59.0 Å². The molecule has 5 heteroatoms. The summed E-state index contributed by atoms with van der Waals surface area (Å²) in [5.41, 5.74) is 1.11. The smallest absolute Gasteiger partial charge is 0.193 e. The lowest BCUT2D eigenvalue weighted by molar-refractivity contribution is 0.0398. The van der Waals surface area contributed by atoms with Crippen LogP contribution in [0.25, 0.3) is 0 Å². The number of furan rings is 1. The van der Waals surface area contributed by atoms with Crippen LogP contribution in [0.3, 0.4) is 0 Å². The van der Waals surface area contributed by atoms with Crippen molar-refractivity contribution in [2.24, 2.45) is 0 Å². The Morgan fingerprint density at radius 2 is 2.00 bits per heavy atom. The summed E-state index contributed by atoms with van der Waals surface area (Å²) in [7, 11) is 0. The van der Waals surface area contributed by atoms with Crippen LogP contribution in [0.15, 0.2) is 46.9 Å². The average molecular weight is 313 g/mol. The second kappa shape index (κ2) is 8.37. The molecule has 1 aromatic carbocycles. The predicted octanol–water partition coefficient (Wildman–Crippen LogP) is 3.74. The number of rotatable bonds is 8. The summed E-state index contributed by atoms with van der Waals surface area (Å²) in [6.07, 6.45) is -0.478. The van der Waals surface area contributed by atoms with Gasteiger partial charge in [-0.05, 0) is 29.3 Å². The zero-order valence-corrected chi connectivity index (χ0v) is 12.6. The van der Waals surface area contributed by atoms with E-state index in [2.05, 4.69) is 0 Å². The standard InChI is InChI=1S/C15H17ClO3S/c16-15-7-6-14(19-15)11-20-10-13(17)9-18-8-12-4-2-1-3-5-12/h1-7,13,17H,8-11H2. The van der Waals surface area contributed by atoms with Gasteiger partial charge in [0, 0.05) is 5.75 Å². The van der Waals surface area contributed by atoms with Crippen LogP contribution in [-0.2, 0) is 17.1 Å². The van der Waals surface area contributed by atoms with Gasteiger partial charge in [-0.25, -0.2) is 0 Å². The fourth-order valence-corrected chi connectivity index (χ4v) is 2.66. The Kier molecular flexibility index (Phi) is 6.47. The Morgan fingerprint density at radius 1 is 1.20 bits per heavy atom. The lowest BCUT2D eigenvalue weighted by Gasteiger charge is -2.10. The monoisotopic (exact) mass is 312 g/mol. The molecular weight excluding hydrogens is 296 g/mol. The highest BCUT2D eigenvalue weighted by Crippen LogP contribution is 2.19. The second-order valence-corrected chi connectivity index (χ2v) is 5.78. The molecule has 108 valence electrons. The first-order valence-electron chi connectivity index (χ1n) is 6.36. The first kappa shape index (κ1) is 15.4. The maximum absolute atomic E-state index is 9.81. The Hall–Kier alpha value is -0.940. The molecule has 1 heterocycles. The summed E-state index contributed by atoms with van der Waals surface area (Å²) < 4.78 is 10.7. The molecule has 0 spiro atoms. The summed E-state index contributed by atoms with van der Waals surface area (Å²) in [4.78, 5) is 0. The second-order valence-electron chi connectivity index (χ2n) is 4.38. The summed E-state index contributed by atoms with van der Waals surface area (Å²) in [6.45, 7) is 0.858. The number of ether oxygens (including phenoxy) is 1. The highest BCUT2D eigenvalue weighted by molar-refractivity contribution is 7.98. The van der Waals surface area contributed by atoms with Crippen molar-refractivity contribution in [1.29, 1.82) is 0 Å². The van der Waals surface area contributed by atoms with Gasteiger partial charge >= 0.3 is 0 Å². The Bertz CT molecular complexity index is 501. The molecule has 2 aromatic rings. The van der Waals surface area contributed by atoms with Crippen LogP contribution in [0.1, 0.15) is 11.3 Å². The first-order chi connectivity index (χ1) is 9.74. The van der Waals surface area contributed by atoms with E-state index in [-0.39, 0.29) is 0 Å². The van der Waals surface area contributed by atoms with Crippen molar-refractivity contribution in [1.82, 2.24) is 0 Å². The van der Waals surface area contributed by atoms with Gasteiger partial charge in [0.15, 0.2) is 5.22 Å². The Labute approximate surface area is 127 Å². The quantitative estimate of drug-likeness (QED) is 0.806. The van der Waals surface area contributed by atoms with Crippen molar-refractivity contribution < 1.29 is 14.3 Å². The normalized spacial score (nSPS) is 12.5. The molecule has 1 atom stereocenters. The largest absolute Gasteiger partial charge is 0.449 e. The minimum Gasteiger partial charge on any atom is -0.449 e. The van der Waals surface area contributed by atoms with Gasteiger partial charge in [-0.3, -0.25) is 0 Å². The van der Waals surface area contributed by atoms with Crippen molar-refractivity contribution in [2.45, 2.75) is 18.5 Å². The summed E-state index contributed by atoms with van der Waals surface area (Å²) in [5, 5.41) is 10.2. The molecule has 20 heavy (non-hydrogen) atoms. The first-order valence-corrected chi connectivity index (χ1v) is 7.89. The van der Waals surface area contributed by atoms with E-state index in [9.17, 15) is 5.11 Å². The number of aliphatic hydroxyl groups excluding tert-OH is 1. The van der Waals surface area contributed by atoms with E-state index >= 15 is 0 Å². The highest BCUT2D eigenvalue weighted by atomic mass is 35.5. The molecule has 0 aliphatic rings. The molecule has 0 fully saturated rings. The van der Waals surface area contributed by atoms with Crippen LogP contribution >= 0.6 is 23.4 Å². The van der Waals surface area contributed by atoms with Crippen LogP contribution in [0.2, 0.25) is 5.22 Å². The summed E-state index contributed by atoms with van der Waals surface area (Å²) in [6, 6.07) is 13.5. The molecule has 1 aromatic heterocycles. The third-order valence-electron chi connectivity index (χ3n) is 2.61. The number of benzene rings is 1. The third kappa shape index (κ3) is 5.59. The molecular formula is C15H17ClO3S. The van der Waals surface area contributed by atoms with Crippen LogP contribution < -0.4 is 0 Å². The molecule has 0 saturated heterocycles. The van der Waals surface area contributed by atoms with E-state index in [0.29, 0.717) is 29.9 Å². The van der Waals surface area contributed by atoms with Crippen LogP contribution in [0.4, 0.5) is 0 Å². The molecule has 0 aliphatic carbocycles. The minimum absolute atomic E-state index is 0.334. The van der Waals surface area contributed by atoms with Crippen LogP contribution in [0.5, 0.6) is 0 Å². The molecule has 0 aliphatic heterocycles. The SMILES string of the molecule is OC(COCc1ccccc1)CSCc1ccc(Cl)o1. The van der Waals surface area contributed by atoms with E-state index in [1.165, 1.54) is 0 Å². The number of hydrogen-bond donors (Lipinski definition) is 1. The van der Waals surface area contributed by atoms with Gasteiger partial charge in [0.2, 0.25) is 0 Å². The number of aliphatic hydroxyl groups is 1. The average Bonchev–Trinajstić information content (AvgIpc) is 2.86. The van der Waals surface area contributed by atoms with Gasteiger partial charge in [0.25, 0.3) is 0 Å². The summed E-state index contributed by atoms with van der Waals surface area (Å²) in [5.74, 6) is 2.12. The topological polar surface area (TPSA) is 42.6 Å². The van der Waals surface area contributed by atoms with E-state index < -0.39 is 6.10 Å². The predicted molar refractivity (Wildman–Crippen MR) is 82.0 cm³/mol. The van der Waals surface area contributed by atoms with Crippen LogP contribution in [-0.4, -0.2) is 23.6 Å². The van der Waals surface area contributed by atoms with Gasteiger partial charge in [-0.1, -0.05) is 30.3 Å². The van der Waals surface area contributed by atoms with E-state index in [0.717, 1.165) is 11.3 Å².